The van der Waals surface area contributed by atoms with Crippen molar-refractivity contribution in [2.45, 2.75) is 33.4 Å². The van der Waals surface area contributed by atoms with Crippen molar-refractivity contribution in [1.29, 1.82) is 0 Å². The van der Waals surface area contributed by atoms with E-state index in [-0.39, 0.29) is 5.41 Å². The van der Waals surface area contributed by atoms with Gasteiger partial charge in [-0.2, -0.15) is 0 Å². The van der Waals surface area contributed by atoms with Gasteiger partial charge in [0.15, 0.2) is 0 Å². The van der Waals surface area contributed by atoms with E-state index in [4.69, 9.17) is 0 Å². The number of hydrogen-bond donors (Lipinski definition) is 3. The highest BCUT2D eigenvalue weighted by Gasteiger charge is 2.25. The van der Waals surface area contributed by atoms with E-state index in [0.29, 0.717) is 6.29 Å². The number of nitrogens with zero attached hydrogens (tertiary/aromatic N) is 1. The van der Waals surface area contributed by atoms with Gasteiger partial charge in [0.2, 0.25) is 0 Å². The fraction of sp³-hybridized carbons (Fsp3) is 0.381. The summed E-state index contributed by atoms with van der Waals surface area (Å²) in [5, 5.41) is 2.43. The summed E-state index contributed by atoms with van der Waals surface area (Å²) in [5.41, 5.74) is 9.08. The van der Waals surface area contributed by atoms with Gasteiger partial charge in [-0.15, -0.1) is 0 Å². The highest BCUT2D eigenvalue weighted by molar-refractivity contribution is 5.73. The van der Waals surface area contributed by atoms with E-state index < -0.39 is 12.1 Å². The summed E-state index contributed by atoms with van der Waals surface area (Å²) in [5.74, 6) is 0. The SMILES string of the molecule is CNNCc1ccc(-c2ccccn2)cc1.COC(=O)NC(C=O)C(C)(C)C. The van der Waals surface area contributed by atoms with E-state index in [0.717, 1.165) is 17.8 Å². The second kappa shape index (κ2) is 11.8. The Balaban J connectivity index is 0.000000295. The maximum atomic E-state index is 10.7. The molecule has 0 aliphatic heterocycles. The first-order valence-electron chi connectivity index (χ1n) is 9.01. The van der Waals surface area contributed by atoms with Gasteiger partial charge in [-0.05, 0) is 30.2 Å². The number of rotatable bonds is 6. The van der Waals surface area contributed by atoms with Crippen molar-refractivity contribution in [3.05, 3.63) is 54.2 Å². The van der Waals surface area contributed by atoms with Crippen LogP contribution in [-0.4, -0.2) is 37.6 Å². The second-order valence-electron chi connectivity index (χ2n) is 7.13. The summed E-state index contributed by atoms with van der Waals surface area (Å²) in [6, 6.07) is 13.8. The number of alkyl carbamates (subject to hydrolysis) is 1. The van der Waals surface area contributed by atoms with Gasteiger partial charge < -0.3 is 14.8 Å². The Morgan fingerprint density at radius 2 is 1.86 bits per heavy atom. The van der Waals surface area contributed by atoms with Crippen molar-refractivity contribution in [2.75, 3.05) is 14.2 Å². The molecule has 1 heterocycles. The highest BCUT2D eigenvalue weighted by Crippen LogP contribution is 2.17. The predicted molar refractivity (Wildman–Crippen MR) is 110 cm³/mol. The lowest BCUT2D eigenvalue weighted by Crippen LogP contribution is -2.44. The molecule has 1 unspecified atom stereocenters. The van der Waals surface area contributed by atoms with E-state index in [1.165, 1.54) is 12.7 Å². The zero-order valence-electron chi connectivity index (χ0n) is 17.2. The van der Waals surface area contributed by atoms with Crippen molar-refractivity contribution in [2.24, 2.45) is 5.41 Å². The minimum Gasteiger partial charge on any atom is -0.453 e. The Kier molecular flexibility index (Phi) is 9.84. The van der Waals surface area contributed by atoms with Gasteiger partial charge in [-0.1, -0.05) is 51.1 Å². The molecule has 0 fully saturated rings. The monoisotopic (exact) mass is 386 g/mol. The summed E-state index contributed by atoms with van der Waals surface area (Å²) >= 11 is 0. The smallest absolute Gasteiger partial charge is 0.407 e. The standard InChI is InChI=1S/C13H15N3.C8H15NO3/c1-14-16-10-11-5-7-12(8-6-11)13-4-2-3-9-15-13;1-8(2,3)6(5-10)9-7(11)12-4/h2-9,14,16H,10H2,1H3;5-6H,1-4H3,(H,9,11). The minimum absolute atomic E-state index is 0.282. The largest absolute Gasteiger partial charge is 0.453 e. The number of hydrogen-bond acceptors (Lipinski definition) is 6. The molecule has 0 saturated carbocycles. The molecule has 2 rings (SSSR count). The summed E-state index contributed by atoms with van der Waals surface area (Å²) in [7, 11) is 3.13. The lowest BCUT2D eigenvalue weighted by atomic mass is 9.88. The maximum Gasteiger partial charge on any atom is 0.407 e. The van der Waals surface area contributed by atoms with Crippen LogP contribution in [0.25, 0.3) is 11.3 Å². The number of carbonyl (C=O) groups is 2. The van der Waals surface area contributed by atoms with Gasteiger partial charge in [0.25, 0.3) is 0 Å². The number of benzene rings is 1. The number of nitrogens with one attached hydrogen (secondary N) is 3. The van der Waals surface area contributed by atoms with E-state index in [9.17, 15) is 9.59 Å². The molecule has 0 aliphatic rings. The summed E-state index contributed by atoms with van der Waals surface area (Å²) in [4.78, 5) is 25.6. The quantitative estimate of drug-likeness (QED) is 0.522. The number of aromatic nitrogens is 1. The van der Waals surface area contributed by atoms with Crippen LogP contribution in [0.2, 0.25) is 0 Å². The van der Waals surface area contributed by atoms with E-state index >= 15 is 0 Å². The molecule has 0 bridgehead atoms. The molecule has 1 atom stereocenters. The van der Waals surface area contributed by atoms with E-state index in [1.54, 1.807) is 0 Å². The first-order valence-corrected chi connectivity index (χ1v) is 9.01. The number of pyridine rings is 1. The van der Waals surface area contributed by atoms with Crippen LogP contribution in [0.4, 0.5) is 4.79 Å². The summed E-state index contributed by atoms with van der Waals surface area (Å²) in [6.07, 6.45) is 1.94. The minimum atomic E-state index is -0.581. The highest BCUT2D eigenvalue weighted by atomic mass is 16.5. The predicted octanol–water partition coefficient (Wildman–Crippen LogP) is 2.93. The zero-order chi connectivity index (χ0) is 21.0. The van der Waals surface area contributed by atoms with Crippen molar-refractivity contribution in [3.8, 4) is 11.3 Å². The van der Waals surface area contributed by atoms with Crippen molar-refractivity contribution in [3.63, 3.8) is 0 Å². The van der Waals surface area contributed by atoms with Gasteiger partial charge in [-0.25, -0.2) is 4.79 Å². The third kappa shape index (κ3) is 8.28. The van der Waals surface area contributed by atoms with Crippen molar-refractivity contribution < 1.29 is 14.3 Å². The maximum absolute atomic E-state index is 10.7. The second-order valence-corrected chi connectivity index (χ2v) is 7.13. The third-order valence-corrected chi connectivity index (χ3v) is 3.91. The topological polar surface area (TPSA) is 92.3 Å². The normalized spacial score (nSPS) is 11.6. The molecule has 0 aliphatic carbocycles. The number of aldehydes is 1. The van der Waals surface area contributed by atoms with Crippen LogP contribution in [-0.2, 0) is 16.1 Å². The van der Waals surface area contributed by atoms with Crippen LogP contribution in [0, 0.1) is 5.41 Å². The molecule has 3 N–H and O–H groups in total. The summed E-state index contributed by atoms with van der Waals surface area (Å²) < 4.78 is 4.37. The van der Waals surface area contributed by atoms with Crippen molar-refractivity contribution in [1.82, 2.24) is 21.2 Å². The first kappa shape index (κ1) is 23.3. The molecule has 7 nitrogen and oxygen atoms in total. The Labute approximate surface area is 166 Å². The molecule has 2 aromatic rings. The average Bonchev–Trinajstić information content (AvgIpc) is 2.71. The van der Waals surface area contributed by atoms with Crippen LogP contribution in [0.3, 0.4) is 0 Å². The van der Waals surface area contributed by atoms with Crippen LogP contribution in [0.1, 0.15) is 26.3 Å². The summed E-state index contributed by atoms with van der Waals surface area (Å²) in [6.45, 7) is 6.41. The number of carbonyl (C=O) groups excluding carboxylic acids is 2. The fourth-order valence-electron chi connectivity index (χ4n) is 2.16. The molecule has 0 saturated heterocycles. The molecule has 1 aromatic carbocycles. The molecular weight excluding hydrogens is 356 g/mol. The Morgan fingerprint density at radius 3 is 2.32 bits per heavy atom. The van der Waals surface area contributed by atoms with E-state index in [1.807, 2.05) is 52.2 Å². The third-order valence-electron chi connectivity index (χ3n) is 3.91. The molecule has 1 amide bonds. The molecule has 1 aromatic heterocycles. The molecular formula is C21H30N4O3. The van der Waals surface area contributed by atoms with Crippen LogP contribution in [0.5, 0.6) is 0 Å². The van der Waals surface area contributed by atoms with Crippen LogP contribution in [0.15, 0.2) is 48.7 Å². The van der Waals surface area contributed by atoms with Gasteiger partial charge >= 0.3 is 6.09 Å². The fourth-order valence-corrected chi connectivity index (χ4v) is 2.16. The van der Waals surface area contributed by atoms with Gasteiger partial charge in [0, 0.05) is 18.3 Å². The Morgan fingerprint density at radius 1 is 1.18 bits per heavy atom. The van der Waals surface area contributed by atoms with Gasteiger partial charge in [0.1, 0.15) is 6.29 Å². The molecule has 28 heavy (non-hydrogen) atoms. The number of methoxy groups -OCH3 is 1. The number of hydrazine groups is 1. The average molecular weight is 386 g/mol. The van der Waals surface area contributed by atoms with Crippen molar-refractivity contribution >= 4 is 12.4 Å². The zero-order valence-corrected chi connectivity index (χ0v) is 17.2. The Bertz CT molecular complexity index is 713. The Hall–Kier alpha value is -2.77. The molecule has 0 spiro atoms. The van der Waals surface area contributed by atoms with Crippen LogP contribution < -0.4 is 16.2 Å². The number of ether oxygens (including phenoxy) is 1. The molecule has 7 heteroatoms. The lowest BCUT2D eigenvalue weighted by Gasteiger charge is -2.25. The number of amides is 1. The molecule has 0 radical (unpaired) electrons. The van der Waals surface area contributed by atoms with Gasteiger partial charge in [0.05, 0.1) is 18.8 Å². The molecule has 152 valence electrons. The van der Waals surface area contributed by atoms with E-state index in [2.05, 4.69) is 50.2 Å². The van der Waals surface area contributed by atoms with Crippen LogP contribution >= 0.6 is 0 Å². The lowest BCUT2D eigenvalue weighted by molar-refractivity contribution is -0.111. The van der Waals surface area contributed by atoms with Gasteiger partial charge in [-0.3, -0.25) is 15.8 Å². The first-order chi connectivity index (χ1) is 13.3.